The summed E-state index contributed by atoms with van der Waals surface area (Å²) in [6, 6.07) is 0. The van der Waals surface area contributed by atoms with E-state index in [2.05, 4.69) is 13.8 Å². The van der Waals surface area contributed by atoms with Gasteiger partial charge >= 0.3 is 5.97 Å². The highest BCUT2D eigenvalue weighted by molar-refractivity contribution is 5.69. The largest absolute Gasteiger partial charge is 0.466 e. The highest BCUT2D eigenvalue weighted by atomic mass is 16.6. The van der Waals surface area contributed by atoms with Crippen LogP contribution in [0.4, 0.5) is 0 Å². The second kappa shape index (κ2) is 26.3. The maximum Gasteiger partial charge on any atom is 0.305 e. The SMILES string of the molecule is CCCCCCCCCOC(=O)CCCOCCOCCOCCOCCCCC. The molecule has 0 atom stereocenters. The second-order valence-electron chi connectivity index (χ2n) is 7.60. The van der Waals surface area contributed by atoms with Crippen molar-refractivity contribution in [2.45, 2.75) is 90.9 Å². The number of unbranched alkanes of at least 4 members (excludes halogenated alkanes) is 8. The summed E-state index contributed by atoms with van der Waals surface area (Å²) in [6.07, 6.45) is 13.3. The van der Waals surface area contributed by atoms with Gasteiger partial charge in [0.25, 0.3) is 0 Å². The summed E-state index contributed by atoms with van der Waals surface area (Å²) < 4.78 is 27.1. The number of ether oxygens (including phenoxy) is 5. The van der Waals surface area contributed by atoms with Crippen LogP contribution in [-0.2, 0) is 28.5 Å². The molecule has 0 rings (SSSR count). The molecule has 0 saturated carbocycles. The molecule has 0 aromatic rings. The third-order valence-corrected chi connectivity index (χ3v) is 4.69. The number of hydrogen-bond acceptors (Lipinski definition) is 6. The summed E-state index contributed by atoms with van der Waals surface area (Å²) in [6.45, 7) is 9.81. The maximum atomic E-state index is 11.6. The van der Waals surface area contributed by atoms with Crippen LogP contribution in [-0.4, -0.2) is 65.4 Å². The average Bonchev–Trinajstić information content (AvgIpc) is 2.75. The Balaban J connectivity index is 3.12. The van der Waals surface area contributed by atoms with Crippen molar-refractivity contribution in [3.8, 4) is 0 Å². The molecule has 0 heterocycles. The Morgan fingerprint density at radius 2 is 0.867 bits per heavy atom. The molecule has 0 spiro atoms. The Morgan fingerprint density at radius 3 is 1.43 bits per heavy atom. The summed E-state index contributed by atoms with van der Waals surface area (Å²) in [7, 11) is 0. The van der Waals surface area contributed by atoms with Crippen LogP contribution >= 0.6 is 0 Å². The first-order valence-electron chi connectivity index (χ1n) is 12.3. The number of esters is 1. The highest BCUT2D eigenvalue weighted by Gasteiger charge is 2.02. The van der Waals surface area contributed by atoms with Crippen molar-refractivity contribution in [2.24, 2.45) is 0 Å². The molecule has 0 aromatic carbocycles. The van der Waals surface area contributed by atoms with Crippen molar-refractivity contribution in [2.75, 3.05) is 59.5 Å². The van der Waals surface area contributed by atoms with Crippen LogP contribution in [0, 0.1) is 0 Å². The van der Waals surface area contributed by atoms with Crippen molar-refractivity contribution in [1.82, 2.24) is 0 Å². The van der Waals surface area contributed by atoms with Gasteiger partial charge in [0.2, 0.25) is 0 Å². The predicted molar refractivity (Wildman–Crippen MR) is 121 cm³/mol. The van der Waals surface area contributed by atoms with Crippen LogP contribution in [0.1, 0.15) is 90.9 Å². The Hall–Kier alpha value is -0.690. The Kier molecular flexibility index (Phi) is 25.7. The van der Waals surface area contributed by atoms with E-state index in [4.69, 9.17) is 23.7 Å². The van der Waals surface area contributed by atoms with Crippen molar-refractivity contribution in [3.05, 3.63) is 0 Å². The number of carbonyl (C=O) groups is 1. The van der Waals surface area contributed by atoms with E-state index >= 15 is 0 Å². The quantitative estimate of drug-likeness (QED) is 0.144. The van der Waals surface area contributed by atoms with Gasteiger partial charge in [-0.15, -0.1) is 0 Å². The molecule has 0 fully saturated rings. The van der Waals surface area contributed by atoms with Crippen LogP contribution in [0.5, 0.6) is 0 Å². The maximum absolute atomic E-state index is 11.6. The van der Waals surface area contributed by atoms with Gasteiger partial charge in [-0.05, 0) is 19.3 Å². The lowest BCUT2D eigenvalue weighted by atomic mass is 10.1. The van der Waals surface area contributed by atoms with E-state index < -0.39 is 0 Å². The highest BCUT2D eigenvalue weighted by Crippen LogP contribution is 2.07. The number of hydrogen-bond donors (Lipinski definition) is 0. The minimum atomic E-state index is -0.118. The smallest absolute Gasteiger partial charge is 0.305 e. The van der Waals surface area contributed by atoms with E-state index in [0.29, 0.717) is 65.7 Å². The van der Waals surface area contributed by atoms with Crippen LogP contribution < -0.4 is 0 Å². The summed E-state index contributed by atoms with van der Waals surface area (Å²) in [4.78, 5) is 11.6. The Bertz CT molecular complexity index is 338. The molecule has 0 amide bonds. The predicted octanol–water partition coefficient (Wildman–Crippen LogP) is 5.32. The van der Waals surface area contributed by atoms with Gasteiger partial charge in [-0.25, -0.2) is 0 Å². The fourth-order valence-corrected chi connectivity index (χ4v) is 2.85. The standard InChI is InChI=1S/C24H48O6/c1-3-5-7-8-9-10-12-17-30-24(25)14-13-16-27-19-21-29-23-22-28-20-18-26-15-11-6-4-2/h3-23H2,1-2H3. The second-order valence-corrected chi connectivity index (χ2v) is 7.60. The first kappa shape index (κ1) is 29.3. The van der Waals surface area contributed by atoms with E-state index in [9.17, 15) is 4.79 Å². The van der Waals surface area contributed by atoms with Crippen LogP contribution in [0.2, 0.25) is 0 Å². The topological polar surface area (TPSA) is 63.2 Å². The van der Waals surface area contributed by atoms with Crippen molar-refractivity contribution in [3.63, 3.8) is 0 Å². The lowest BCUT2D eigenvalue weighted by Crippen LogP contribution is -2.12. The number of carbonyl (C=O) groups excluding carboxylic acids is 1. The van der Waals surface area contributed by atoms with Crippen molar-refractivity contribution in [1.29, 1.82) is 0 Å². The minimum Gasteiger partial charge on any atom is -0.466 e. The third kappa shape index (κ3) is 25.3. The molecule has 180 valence electrons. The zero-order chi connectivity index (χ0) is 22.0. The molecular weight excluding hydrogens is 384 g/mol. The average molecular weight is 433 g/mol. The van der Waals surface area contributed by atoms with Crippen molar-refractivity contribution < 1.29 is 28.5 Å². The zero-order valence-electron chi connectivity index (χ0n) is 19.8. The Labute approximate surface area is 185 Å². The lowest BCUT2D eigenvalue weighted by molar-refractivity contribution is -0.144. The van der Waals surface area contributed by atoms with Gasteiger partial charge in [0, 0.05) is 19.6 Å². The minimum absolute atomic E-state index is 0.118. The molecule has 0 bridgehead atoms. The summed E-state index contributed by atoms with van der Waals surface area (Å²) in [5.74, 6) is -0.118. The van der Waals surface area contributed by atoms with Gasteiger partial charge in [-0.2, -0.15) is 0 Å². The molecule has 6 heteroatoms. The molecule has 30 heavy (non-hydrogen) atoms. The Morgan fingerprint density at radius 1 is 0.467 bits per heavy atom. The molecule has 6 nitrogen and oxygen atoms in total. The van der Waals surface area contributed by atoms with Gasteiger partial charge < -0.3 is 23.7 Å². The summed E-state index contributed by atoms with van der Waals surface area (Å²) in [5.41, 5.74) is 0. The van der Waals surface area contributed by atoms with Crippen LogP contribution in [0.15, 0.2) is 0 Å². The molecule has 0 saturated heterocycles. The van der Waals surface area contributed by atoms with Gasteiger partial charge in [0.05, 0.1) is 46.2 Å². The normalized spacial score (nSPS) is 11.1. The summed E-state index contributed by atoms with van der Waals surface area (Å²) >= 11 is 0. The molecule has 0 aliphatic heterocycles. The van der Waals surface area contributed by atoms with Crippen LogP contribution in [0.25, 0.3) is 0 Å². The third-order valence-electron chi connectivity index (χ3n) is 4.69. The fourth-order valence-electron chi connectivity index (χ4n) is 2.85. The first-order valence-corrected chi connectivity index (χ1v) is 12.3. The molecule has 0 N–H and O–H groups in total. The van der Waals surface area contributed by atoms with E-state index in [1.54, 1.807) is 0 Å². The van der Waals surface area contributed by atoms with Gasteiger partial charge in [-0.3, -0.25) is 4.79 Å². The fraction of sp³-hybridized carbons (Fsp3) is 0.958. The monoisotopic (exact) mass is 432 g/mol. The lowest BCUT2D eigenvalue weighted by Gasteiger charge is -2.08. The van der Waals surface area contributed by atoms with Gasteiger partial charge in [0.1, 0.15) is 0 Å². The van der Waals surface area contributed by atoms with E-state index in [1.165, 1.54) is 44.9 Å². The van der Waals surface area contributed by atoms with Gasteiger partial charge in [0.15, 0.2) is 0 Å². The zero-order valence-corrected chi connectivity index (χ0v) is 19.8. The molecule has 0 aliphatic carbocycles. The molecule has 0 aromatic heterocycles. The van der Waals surface area contributed by atoms with E-state index in [0.717, 1.165) is 25.9 Å². The first-order chi connectivity index (χ1) is 14.8. The number of rotatable bonds is 25. The summed E-state index contributed by atoms with van der Waals surface area (Å²) in [5, 5.41) is 0. The molecule has 0 aliphatic rings. The van der Waals surface area contributed by atoms with Crippen molar-refractivity contribution >= 4 is 5.97 Å². The molecule has 0 radical (unpaired) electrons. The van der Waals surface area contributed by atoms with Crippen LogP contribution in [0.3, 0.4) is 0 Å². The molecule has 0 unspecified atom stereocenters. The van der Waals surface area contributed by atoms with E-state index in [1.807, 2.05) is 0 Å². The van der Waals surface area contributed by atoms with E-state index in [-0.39, 0.29) is 5.97 Å². The van der Waals surface area contributed by atoms with Gasteiger partial charge in [-0.1, -0.05) is 65.2 Å². The molecular formula is C24H48O6.